The Labute approximate surface area is 260 Å². The fourth-order valence-corrected chi connectivity index (χ4v) is 5.26. The molecule has 0 heterocycles. The monoisotopic (exact) mass is 624 g/mol. The number of carbonyl (C=O) groups excluding carboxylic acids is 2. The highest BCUT2D eigenvalue weighted by atomic mass is 16.6. The summed E-state index contributed by atoms with van der Waals surface area (Å²) in [7, 11) is 0. The van der Waals surface area contributed by atoms with E-state index in [1.807, 2.05) is 0 Å². The van der Waals surface area contributed by atoms with Crippen LogP contribution >= 0.6 is 0 Å². The molecule has 12 heteroatoms. The van der Waals surface area contributed by atoms with Crippen LogP contribution < -0.4 is 10.6 Å². The van der Waals surface area contributed by atoms with E-state index in [0.29, 0.717) is 13.1 Å². The van der Waals surface area contributed by atoms with Gasteiger partial charge in [-0.25, -0.2) is 19.2 Å². The number of aliphatic carboxylic acids is 2. The van der Waals surface area contributed by atoms with Gasteiger partial charge in [0.25, 0.3) is 0 Å². The van der Waals surface area contributed by atoms with Crippen LogP contribution in [0.1, 0.15) is 103 Å². The zero-order valence-corrected chi connectivity index (χ0v) is 25.9. The van der Waals surface area contributed by atoms with E-state index in [2.05, 4.69) is 10.6 Å². The van der Waals surface area contributed by atoms with Gasteiger partial charge in [-0.15, -0.1) is 0 Å². The van der Waals surface area contributed by atoms with Crippen molar-refractivity contribution in [1.29, 1.82) is 0 Å². The molecule has 0 aromatic carbocycles. The Morgan fingerprint density at radius 1 is 0.614 bits per heavy atom. The van der Waals surface area contributed by atoms with Gasteiger partial charge in [-0.3, -0.25) is 0 Å². The minimum absolute atomic E-state index is 0.153. The predicted molar refractivity (Wildman–Crippen MR) is 163 cm³/mol. The lowest BCUT2D eigenvalue weighted by Crippen LogP contribution is -2.33. The zero-order valence-electron chi connectivity index (χ0n) is 25.9. The van der Waals surface area contributed by atoms with Crippen LogP contribution in [0.5, 0.6) is 0 Å². The van der Waals surface area contributed by atoms with Crippen molar-refractivity contribution in [2.45, 2.75) is 127 Å². The van der Waals surface area contributed by atoms with E-state index in [0.717, 1.165) is 89.2 Å². The summed E-state index contributed by atoms with van der Waals surface area (Å²) < 4.78 is 22.8. The van der Waals surface area contributed by atoms with Gasteiger partial charge in [0.05, 0.1) is 25.4 Å². The number of alkyl carbamates (subject to hydrolysis) is 2. The number of amides is 2. The summed E-state index contributed by atoms with van der Waals surface area (Å²) in [6.07, 6.45) is 17.6. The lowest BCUT2D eigenvalue weighted by atomic mass is 9.98. The maximum atomic E-state index is 12.3. The molecule has 0 radical (unpaired) electrons. The summed E-state index contributed by atoms with van der Waals surface area (Å²) in [6, 6.07) is 0. The molecule has 250 valence electrons. The Balaban J connectivity index is 1.58. The predicted octanol–water partition coefficient (Wildman–Crippen LogP) is 5.50. The van der Waals surface area contributed by atoms with E-state index in [1.54, 1.807) is 0 Å². The van der Waals surface area contributed by atoms with E-state index < -0.39 is 36.3 Å². The summed E-state index contributed by atoms with van der Waals surface area (Å²) >= 11 is 0. The van der Waals surface area contributed by atoms with Gasteiger partial charge in [0, 0.05) is 38.1 Å². The molecule has 2 saturated carbocycles. The van der Waals surface area contributed by atoms with Crippen molar-refractivity contribution in [1.82, 2.24) is 10.6 Å². The van der Waals surface area contributed by atoms with Crippen LogP contribution in [0.3, 0.4) is 0 Å². The van der Waals surface area contributed by atoms with Gasteiger partial charge in [0.15, 0.2) is 0 Å². The largest absolute Gasteiger partial charge is 0.478 e. The Kier molecular flexibility index (Phi) is 19.6. The molecular formula is C32H52N2O10. The molecule has 2 rings (SSSR count). The third kappa shape index (κ3) is 19.2. The molecule has 2 aliphatic carbocycles. The van der Waals surface area contributed by atoms with Crippen molar-refractivity contribution in [3.05, 3.63) is 24.3 Å². The van der Waals surface area contributed by atoms with Crippen LogP contribution in [0, 0.1) is 0 Å². The average molecular weight is 625 g/mol. The molecule has 0 aromatic rings. The summed E-state index contributed by atoms with van der Waals surface area (Å²) in [5.74, 6) is -2.11. The molecular weight excluding hydrogens is 572 g/mol. The van der Waals surface area contributed by atoms with Crippen LogP contribution in [0.2, 0.25) is 0 Å². The van der Waals surface area contributed by atoms with Gasteiger partial charge in [0.1, 0.15) is 12.2 Å². The molecule has 12 nitrogen and oxygen atoms in total. The molecule has 0 spiro atoms. The van der Waals surface area contributed by atoms with Crippen LogP contribution in [0.15, 0.2) is 24.3 Å². The molecule has 0 bridgehead atoms. The molecule has 0 aromatic heterocycles. The van der Waals surface area contributed by atoms with Crippen molar-refractivity contribution in [2.75, 3.05) is 26.3 Å². The van der Waals surface area contributed by atoms with Gasteiger partial charge < -0.3 is 39.8 Å². The highest BCUT2D eigenvalue weighted by molar-refractivity contribution is 5.80. The minimum Gasteiger partial charge on any atom is -0.478 e. The Morgan fingerprint density at radius 2 is 1.00 bits per heavy atom. The standard InChI is InChI=1S/C32H52N2O10/c35-29(36)19-11-17-27(23-41-25-13-5-3-6-14-25)43-31(39)33-21-9-1-2-10-22-34-32(40)44-28(18-12-20-30(37)38)24-42-26-15-7-4-8-16-26/h11-12,19-20,25-28H,1-10,13-18,21-24H2,(H,33,39)(H,34,40)(H,35,36)(H,37,38). The lowest BCUT2D eigenvalue weighted by Gasteiger charge is -2.25. The molecule has 2 fully saturated rings. The van der Waals surface area contributed by atoms with Crippen molar-refractivity contribution in [3.8, 4) is 0 Å². The third-order valence-electron chi connectivity index (χ3n) is 7.65. The number of hydrogen-bond donors (Lipinski definition) is 4. The Morgan fingerprint density at radius 3 is 1.36 bits per heavy atom. The van der Waals surface area contributed by atoms with Gasteiger partial charge >= 0.3 is 24.1 Å². The minimum atomic E-state index is -1.05. The highest BCUT2D eigenvalue weighted by Gasteiger charge is 2.20. The second kappa shape index (κ2) is 23.3. The smallest absolute Gasteiger partial charge is 0.407 e. The molecule has 4 N–H and O–H groups in total. The van der Waals surface area contributed by atoms with Crippen molar-refractivity contribution >= 4 is 24.1 Å². The number of unbranched alkanes of at least 4 members (excludes halogenated alkanes) is 3. The average Bonchev–Trinajstić information content (AvgIpc) is 3.00. The number of ether oxygens (including phenoxy) is 4. The summed E-state index contributed by atoms with van der Waals surface area (Å²) in [5.41, 5.74) is 0. The zero-order chi connectivity index (χ0) is 31.8. The number of hydrogen-bond acceptors (Lipinski definition) is 8. The van der Waals surface area contributed by atoms with Gasteiger partial charge in [0.2, 0.25) is 0 Å². The van der Waals surface area contributed by atoms with Gasteiger partial charge in [-0.05, 0) is 38.5 Å². The SMILES string of the molecule is O=C(O)C=CCC(COC1CCCCC1)OC(=O)NCCCCCCNC(=O)OC(CC=CC(=O)O)COC1CCCCC1. The molecule has 44 heavy (non-hydrogen) atoms. The molecule has 2 aliphatic rings. The molecule has 0 saturated heterocycles. The summed E-state index contributed by atoms with van der Waals surface area (Å²) in [6.45, 7) is 1.32. The first-order chi connectivity index (χ1) is 21.3. The molecule has 2 atom stereocenters. The van der Waals surface area contributed by atoms with Crippen molar-refractivity contribution in [3.63, 3.8) is 0 Å². The van der Waals surface area contributed by atoms with E-state index in [1.165, 1.54) is 25.0 Å². The normalized spacial score (nSPS) is 17.7. The second-order valence-corrected chi connectivity index (χ2v) is 11.5. The van der Waals surface area contributed by atoms with Crippen LogP contribution in [-0.4, -0.2) is 85.1 Å². The number of carbonyl (C=O) groups is 4. The lowest BCUT2D eigenvalue weighted by molar-refractivity contribution is -0.132. The molecule has 2 unspecified atom stereocenters. The van der Waals surface area contributed by atoms with Crippen LogP contribution in [-0.2, 0) is 28.5 Å². The van der Waals surface area contributed by atoms with E-state index in [9.17, 15) is 19.2 Å². The fourth-order valence-electron chi connectivity index (χ4n) is 5.26. The van der Waals surface area contributed by atoms with Gasteiger partial charge in [-0.2, -0.15) is 0 Å². The van der Waals surface area contributed by atoms with Gasteiger partial charge in [-0.1, -0.05) is 63.5 Å². The van der Waals surface area contributed by atoms with Crippen LogP contribution in [0.25, 0.3) is 0 Å². The molecule has 0 aliphatic heterocycles. The second-order valence-electron chi connectivity index (χ2n) is 11.5. The van der Waals surface area contributed by atoms with Crippen molar-refractivity contribution < 1.29 is 48.3 Å². The summed E-state index contributed by atoms with van der Waals surface area (Å²) in [4.78, 5) is 46.2. The third-order valence-corrected chi connectivity index (χ3v) is 7.65. The number of carboxylic acid groups (broad SMARTS) is 2. The first-order valence-corrected chi connectivity index (χ1v) is 16.2. The van der Waals surface area contributed by atoms with E-state index in [4.69, 9.17) is 29.2 Å². The van der Waals surface area contributed by atoms with Crippen molar-refractivity contribution in [2.24, 2.45) is 0 Å². The van der Waals surface area contributed by atoms with E-state index >= 15 is 0 Å². The highest BCUT2D eigenvalue weighted by Crippen LogP contribution is 2.22. The number of nitrogens with one attached hydrogen (secondary N) is 2. The maximum Gasteiger partial charge on any atom is 0.407 e. The number of carboxylic acids is 2. The fraction of sp³-hybridized carbons (Fsp3) is 0.750. The quantitative estimate of drug-likeness (QED) is 0.0945. The maximum absolute atomic E-state index is 12.3. The molecule has 2 amide bonds. The Bertz CT molecular complexity index is 825. The van der Waals surface area contributed by atoms with Crippen LogP contribution in [0.4, 0.5) is 9.59 Å². The Hall–Kier alpha value is -3.12. The first-order valence-electron chi connectivity index (χ1n) is 16.2. The van der Waals surface area contributed by atoms with E-state index in [-0.39, 0.29) is 38.3 Å². The first kappa shape index (κ1) is 37.1. The summed E-state index contributed by atoms with van der Waals surface area (Å²) in [5, 5.41) is 23.2. The topological polar surface area (TPSA) is 170 Å². The number of rotatable bonds is 21.